The summed E-state index contributed by atoms with van der Waals surface area (Å²) in [5, 5.41) is 32.8. The summed E-state index contributed by atoms with van der Waals surface area (Å²) in [4.78, 5) is 8.62. The van der Waals surface area contributed by atoms with Gasteiger partial charge in [0.2, 0.25) is 0 Å². The second kappa shape index (κ2) is 17.9. The lowest BCUT2D eigenvalue weighted by Crippen LogP contribution is -2.39. The number of nitrogens with one attached hydrogen (secondary N) is 1. The summed E-state index contributed by atoms with van der Waals surface area (Å²) in [5.74, 6) is 2.11. The van der Waals surface area contributed by atoms with E-state index in [0.29, 0.717) is 46.6 Å². The highest BCUT2D eigenvalue weighted by Crippen LogP contribution is 2.37. The summed E-state index contributed by atoms with van der Waals surface area (Å²) >= 11 is 6.79. The summed E-state index contributed by atoms with van der Waals surface area (Å²) < 4.78 is 18.9. The number of β-amino-alcohol motifs (C(OH)–C–C–N with tert-alkyl or cyclic N) is 1. The number of nitrogens with zero attached hydrogens (tertiary/aromatic N) is 3. The Morgan fingerprint density at radius 1 is 0.865 bits per heavy atom. The molecule has 0 radical (unpaired) electrons. The molecule has 1 aromatic heterocycles. The van der Waals surface area contributed by atoms with Crippen molar-refractivity contribution in [2.45, 2.75) is 39.1 Å². The van der Waals surface area contributed by atoms with Crippen molar-refractivity contribution in [2.24, 2.45) is 4.99 Å². The van der Waals surface area contributed by atoms with Gasteiger partial charge in [-0.2, -0.15) is 5.26 Å². The molecule has 0 saturated carbocycles. The molecule has 4 aromatic carbocycles. The molecule has 0 amide bonds. The fraction of sp³-hybridized carbons (Fsp3) is 0.244. The molecule has 268 valence electrons. The first-order valence-electron chi connectivity index (χ1n) is 16.7. The van der Waals surface area contributed by atoms with Crippen LogP contribution in [0.3, 0.4) is 0 Å². The monoisotopic (exact) mass is 738 g/mol. The molecule has 0 spiro atoms. The highest BCUT2D eigenvalue weighted by atomic mass is 35.5. The van der Waals surface area contributed by atoms with Crippen molar-refractivity contribution in [3.63, 3.8) is 0 Å². The van der Waals surface area contributed by atoms with E-state index in [9.17, 15) is 15.5 Å². The minimum atomic E-state index is -0.577. The van der Waals surface area contributed by atoms with Crippen molar-refractivity contribution in [3.05, 3.63) is 141 Å². The Labute approximate surface area is 314 Å². The number of aliphatic hydroxyl groups excluding tert-OH is 2. The van der Waals surface area contributed by atoms with Crippen LogP contribution in [0.2, 0.25) is 5.02 Å². The van der Waals surface area contributed by atoms with Gasteiger partial charge in [-0.05, 0) is 65.4 Å². The molecule has 0 fully saturated rings. The van der Waals surface area contributed by atoms with Crippen LogP contribution >= 0.6 is 24.0 Å². The smallest absolute Gasteiger partial charge is 0.142 e. The molecular formula is C41H40Cl2N4O5. The van der Waals surface area contributed by atoms with E-state index in [1.165, 1.54) is 6.20 Å². The van der Waals surface area contributed by atoms with Crippen molar-refractivity contribution < 1.29 is 24.4 Å². The molecule has 2 unspecified atom stereocenters. The molecule has 11 heteroatoms. The summed E-state index contributed by atoms with van der Waals surface area (Å²) in [5.41, 5.74) is 7.99. The van der Waals surface area contributed by atoms with Crippen molar-refractivity contribution in [1.82, 2.24) is 10.3 Å². The molecule has 5 aromatic rings. The molecule has 0 saturated heterocycles. The van der Waals surface area contributed by atoms with Gasteiger partial charge in [-0.1, -0.05) is 72.3 Å². The molecule has 52 heavy (non-hydrogen) atoms. The standard InChI is InChI=1S/C41H39ClN4O5.ClH/c1-26-31(10-6-11-34(26)35-12-7-13-38(27(35)2)50-25-32(22-47)30-8-4-3-5-9-30)24-51-40-16-39(49-23-29-14-28(17-43)18-44-19-29)36(15-37(40)42)41-45-20-33(48)21-46-41;/h3-16,18-19,32-33,47-48H,20-25H2,1-2H3,(H,45,46);1H. The van der Waals surface area contributed by atoms with E-state index in [1.807, 2.05) is 61.5 Å². The van der Waals surface area contributed by atoms with Crippen LogP contribution in [0.15, 0.2) is 102 Å². The normalized spacial score (nSPS) is 14.2. The van der Waals surface area contributed by atoms with Gasteiger partial charge in [0.25, 0.3) is 0 Å². The lowest BCUT2D eigenvalue weighted by molar-refractivity contribution is 0.181. The zero-order valence-electron chi connectivity index (χ0n) is 28.9. The maximum absolute atomic E-state index is 10.0. The van der Waals surface area contributed by atoms with E-state index in [0.717, 1.165) is 44.7 Å². The third-order valence-electron chi connectivity index (χ3n) is 8.91. The van der Waals surface area contributed by atoms with E-state index in [-0.39, 0.29) is 44.7 Å². The molecule has 0 bridgehead atoms. The second-order valence-corrected chi connectivity index (χ2v) is 12.8. The molecule has 2 heterocycles. The number of benzene rings is 4. The highest BCUT2D eigenvalue weighted by Gasteiger charge is 2.21. The average molecular weight is 740 g/mol. The van der Waals surface area contributed by atoms with Crippen LogP contribution in [0.1, 0.15) is 44.9 Å². The number of aliphatic hydroxyl groups is 2. The van der Waals surface area contributed by atoms with E-state index in [2.05, 4.69) is 40.4 Å². The number of amidine groups is 1. The number of hydrogen-bond acceptors (Lipinski definition) is 9. The largest absolute Gasteiger partial charge is 0.493 e. The van der Waals surface area contributed by atoms with Gasteiger partial charge in [0.15, 0.2) is 0 Å². The van der Waals surface area contributed by atoms with Gasteiger partial charge in [-0.25, -0.2) is 0 Å². The van der Waals surface area contributed by atoms with Gasteiger partial charge in [-0.3, -0.25) is 9.98 Å². The predicted molar refractivity (Wildman–Crippen MR) is 205 cm³/mol. The van der Waals surface area contributed by atoms with Crippen molar-refractivity contribution in [1.29, 1.82) is 5.26 Å². The zero-order valence-corrected chi connectivity index (χ0v) is 30.5. The van der Waals surface area contributed by atoms with E-state index in [4.69, 9.17) is 25.8 Å². The van der Waals surface area contributed by atoms with Crippen LogP contribution in [0.4, 0.5) is 0 Å². The number of nitriles is 1. The lowest BCUT2D eigenvalue weighted by Gasteiger charge is -2.22. The number of pyridine rings is 1. The van der Waals surface area contributed by atoms with Crippen LogP contribution in [-0.4, -0.2) is 53.4 Å². The molecule has 9 nitrogen and oxygen atoms in total. The summed E-state index contributed by atoms with van der Waals surface area (Å²) in [6.45, 7) is 5.49. The zero-order chi connectivity index (χ0) is 35.7. The van der Waals surface area contributed by atoms with Crippen LogP contribution in [0.5, 0.6) is 17.2 Å². The van der Waals surface area contributed by atoms with Gasteiger partial charge < -0.3 is 29.7 Å². The lowest BCUT2D eigenvalue weighted by atomic mass is 9.93. The Bertz CT molecular complexity index is 2070. The second-order valence-electron chi connectivity index (χ2n) is 12.4. The fourth-order valence-corrected chi connectivity index (χ4v) is 6.19. The summed E-state index contributed by atoms with van der Waals surface area (Å²) in [6.07, 6.45) is 2.57. The van der Waals surface area contributed by atoms with Crippen molar-refractivity contribution in [3.8, 4) is 34.4 Å². The van der Waals surface area contributed by atoms with Gasteiger partial charge in [0.1, 0.15) is 42.4 Å². The SMILES string of the molecule is Cc1c(COc2cc(OCc3cncc(C#N)c3)c(C3=NCC(O)CN3)cc2Cl)cccc1-c1cccc(OCC(CO)c2ccccc2)c1C.Cl. The Balaban J connectivity index is 0.00000523. The maximum Gasteiger partial charge on any atom is 0.142 e. The van der Waals surface area contributed by atoms with Gasteiger partial charge in [0.05, 0.1) is 42.0 Å². The molecule has 2 atom stereocenters. The first-order chi connectivity index (χ1) is 24.8. The van der Waals surface area contributed by atoms with Crippen molar-refractivity contribution >= 4 is 29.8 Å². The molecule has 1 aliphatic heterocycles. The third-order valence-corrected chi connectivity index (χ3v) is 9.20. The fourth-order valence-electron chi connectivity index (χ4n) is 5.97. The molecule has 0 aliphatic carbocycles. The number of hydrogen-bond donors (Lipinski definition) is 3. The van der Waals surface area contributed by atoms with E-state index >= 15 is 0 Å². The van der Waals surface area contributed by atoms with Crippen molar-refractivity contribution in [2.75, 3.05) is 26.3 Å². The summed E-state index contributed by atoms with van der Waals surface area (Å²) in [6, 6.07) is 29.4. The highest BCUT2D eigenvalue weighted by molar-refractivity contribution is 6.32. The number of aromatic nitrogens is 1. The molecule has 6 rings (SSSR count). The quantitative estimate of drug-likeness (QED) is 0.115. The Morgan fingerprint density at radius 3 is 2.35 bits per heavy atom. The Hall–Kier alpha value is -5.11. The first-order valence-corrected chi connectivity index (χ1v) is 17.1. The minimum Gasteiger partial charge on any atom is -0.493 e. The number of ether oxygens (including phenoxy) is 3. The van der Waals surface area contributed by atoms with Crippen LogP contribution < -0.4 is 19.5 Å². The Morgan fingerprint density at radius 2 is 1.62 bits per heavy atom. The number of rotatable bonds is 13. The Kier molecular flexibility index (Phi) is 13.1. The van der Waals surface area contributed by atoms with Gasteiger partial charge in [0, 0.05) is 36.5 Å². The number of aliphatic imine (C=N–C) groups is 1. The average Bonchev–Trinajstić information content (AvgIpc) is 3.16. The van der Waals surface area contributed by atoms with Gasteiger partial charge in [-0.15, -0.1) is 12.4 Å². The van der Waals surface area contributed by atoms with Crippen LogP contribution in [0, 0.1) is 25.2 Å². The van der Waals surface area contributed by atoms with Crippen LogP contribution in [0.25, 0.3) is 11.1 Å². The third kappa shape index (κ3) is 9.02. The van der Waals surface area contributed by atoms with E-state index in [1.54, 1.807) is 24.4 Å². The predicted octanol–water partition coefficient (Wildman–Crippen LogP) is 7.34. The first kappa shape index (κ1) is 38.1. The van der Waals surface area contributed by atoms with Crippen LogP contribution in [-0.2, 0) is 13.2 Å². The maximum atomic E-state index is 10.0. The topological polar surface area (TPSA) is 129 Å². The minimum absolute atomic E-state index is 0. The van der Waals surface area contributed by atoms with E-state index < -0.39 is 6.10 Å². The molecule has 1 aliphatic rings. The number of halogens is 2. The molecular weight excluding hydrogens is 699 g/mol. The molecule has 3 N–H and O–H groups in total. The van der Waals surface area contributed by atoms with Gasteiger partial charge >= 0.3 is 0 Å². The summed E-state index contributed by atoms with van der Waals surface area (Å²) in [7, 11) is 0.